The smallest absolute Gasteiger partial charge is 0.191 e. The quantitative estimate of drug-likeness (QED) is 0.581. The SMILES string of the molecule is CN=C(NCc1oc2ccccc2c1C)NCC1(CCOC)CCCC1. The number of nitrogens with zero attached hydrogens (tertiary/aromatic N) is 1. The third kappa shape index (κ3) is 4.21. The molecule has 2 N–H and O–H groups in total. The summed E-state index contributed by atoms with van der Waals surface area (Å²) in [6.45, 7) is 4.50. The molecule has 0 radical (unpaired) electrons. The number of aryl methyl sites for hydroxylation is 1. The van der Waals surface area contributed by atoms with Crippen molar-refractivity contribution in [2.24, 2.45) is 10.4 Å². The number of methoxy groups -OCH3 is 1. The van der Waals surface area contributed by atoms with Gasteiger partial charge in [-0.25, -0.2) is 0 Å². The van der Waals surface area contributed by atoms with E-state index in [0.29, 0.717) is 12.0 Å². The van der Waals surface area contributed by atoms with Crippen LogP contribution >= 0.6 is 0 Å². The van der Waals surface area contributed by atoms with Crippen molar-refractivity contribution in [2.75, 3.05) is 27.3 Å². The van der Waals surface area contributed by atoms with E-state index in [9.17, 15) is 0 Å². The fourth-order valence-corrected chi connectivity index (χ4v) is 4.01. The Hall–Kier alpha value is -2.01. The Bertz CT molecular complexity index is 745. The van der Waals surface area contributed by atoms with E-state index in [1.165, 1.54) is 36.6 Å². The number of hydrogen-bond acceptors (Lipinski definition) is 3. The zero-order valence-electron chi connectivity index (χ0n) is 16.2. The van der Waals surface area contributed by atoms with Gasteiger partial charge in [-0.15, -0.1) is 0 Å². The third-order valence-electron chi connectivity index (χ3n) is 5.71. The van der Waals surface area contributed by atoms with Crippen molar-refractivity contribution in [3.63, 3.8) is 0 Å². The summed E-state index contributed by atoms with van der Waals surface area (Å²) in [5, 5.41) is 8.10. The molecule has 1 aliphatic rings. The van der Waals surface area contributed by atoms with Gasteiger partial charge < -0.3 is 19.8 Å². The van der Waals surface area contributed by atoms with Gasteiger partial charge in [0.15, 0.2) is 5.96 Å². The van der Waals surface area contributed by atoms with Crippen LogP contribution in [0.4, 0.5) is 0 Å². The van der Waals surface area contributed by atoms with Crippen LogP contribution in [0.15, 0.2) is 33.7 Å². The summed E-state index contributed by atoms with van der Waals surface area (Å²) in [5.74, 6) is 1.79. The van der Waals surface area contributed by atoms with Crippen LogP contribution in [0, 0.1) is 12.3 Å². The minimum Gasteiger partial charge on any atom is -0.459 e. The van der Waals surface area contributed by atoms with Crippen LogP contribution in [0.3, 0.4) is 0 Å². The molecule has 0 atom stereocenters. The molecule has 1 aliphatic carbocycles. The van der Waals surface area contributed by atoms with Crippen LogP contribution in [0.25, 0.3) is 11.0 Å². The second-order valence-electron chi connectivity index (χ2n) is 7.38. The topological polar surface area (TPSA) is 58.8 Å². The Labute approximate surface area is 156 Å². The molecule has 0 saturated heterocycles. The van der Waals surface area contributed by atoms with Crippen molar-refractivity contribution in [3.05, 3.63) is 35.6 Å². The van der Waals surface area contributed by atoms with Crippen LogP contribution in [-0.4, -0.2) is 33.3 Å². The highest BCUT2D eigenvalue weighted by molar-refractivity contribution is 5.82. The van der Waals surface area contributed by atoms with Crippen LogP contribution in [-0.2, 0) is 11.3 Å². The second kappa shape index (κ2) is 8.58. The molecule has 0 amide bonds. The molecule has 3 rings (SSSR count). The van der Waals surface area contributed by atoms with Gasteiger partial charge >= 0.3 is 0 Å². The maximum Gasteiger partial charge on any atom is 0.191 e. The van der Waals surface area contributed by atoms with Gasteiger partial charge in [-0.1, -0.05) is 31.0 Å². The number of aliphatic imine (C=N–C) groups is 1. The maximum absolute atomic E-state index is 5.98. The predicted molar refractivity (Wildman–Crippen MR) is 107 cm³/mol. The lowest BCUT2D eigenvalue weighted by Crippen LogP contribution is -2.43. The summed E-state index contributed by atoms with van der Waals surface area (Å²) < 4.78 is 11.3. The van der Waals surface area contributed by atoms with E-state index in [-0.39, 0.29) is 0 Å². The molecule has 142 valence electrons. The number of hydrogen-bond donors (Lipinski definition) is 2. The first-order valence-corrected chi connectivity index (χ1v) is 9.58. The largest absolute Gasteiger partial charge is 0.459 e. The Kier molecular flexibility index (Phi) is 6.20. The number of fused-ring (bicyclic) bond motifs is 1. The van der Waals surface area contributed by atoms with Gasteiger partial charge in [0.1, 0.15) is 11.3 Å². The number of ether oxygens (including phenoxy) is 1. The highest BCUT2D eigenvalue weighted by atomic mass is 16.5. The van der Waals surface area contributed by atoms with E-state index in [0.717, 1.165) is 36.9 Å². The van der Waals surface area contributed by atoms with Crippen molar-refractivity contribution in [2.45, 2.75) is 45.6 Å². The molecular weight excluding hydrogens is 326 g/mol. The molecule has 0 bridgehead atoms. The Balaban J connectivity index is 1.58. The molecule has 0 spiro atoms. The minimum atomic E-state index is 0.336. The van der Waals surface area contributed by atoms with E-state index in [4.69, 9.17) is 9.15 Å². The van der Waals surface area contributed by atoms with Gasteiger partial charge in [-0.3, -0.25) is 4.99 Å². The summed E-state index contributed by atoms with van der Waals surface area (Å²) in [6.07, 6.45) is 6.27. The first-order chi connectivity index (χ1) is 12.7. The molecule has 1 heterocycles. The summed E-state index contributed by atoms with van der Waals surface area (Å²) in [6, 6.07) is 8.16. The minimum absolute atomic E-state index is 0.336. The summed E-state index contributed by atoms with van der Waals surface area (Å²) in [5.41, 5.74) is 2.47. The van der Waals surface area contributed by atoms with Crippen LogP contribution in [0.5, 0.6) is 0 Å². The van der Waals surface area contributed by atoms with E-state index >= 15 is 0 Å². The number of para-hydroxylation sites is 1. The number of rotatable bonds is 7. The van der Waals surface area contributed by atoms with Crippen molar-refractivity contribution < 1.29 is 9.15 Å². The number of nitrogens with one attached hydrogen (secondary N) is 2. The second-order valence-corrected chi connectivity index (χ2v) is 7.38. The molecule has 0 unspecified atom stereocenters. The molecule has 0 aliphatic heterocycles. The van der Waals surface area contributed by atoms with Crippen LogP contribution in [0.2, 0.25) is 0 Å². The molecular formula is C21H31N3O2. The first kappa shape index (κ1) is 18.8. The molecule has 26 heavy (non-hydrogen) atoms. The van der Waals surface area contributed by atoms with Gasteiger partial charge in [-0.2, -0.15) is 0 Å². The van der Waals surface area contributed by atoms with Crippen LogP contribution in [0.1, 0.15) is 43.4 Å². The van der Waals surface area contributed by atoms with Crippen LogP contribution < -0.4 is 10.6 Å². The highest BCUT2D eigenvalue weighted by Gasteiger charge is 2.33. The third-order valence-corrected chi connectivity index (χ3v) is 5.71. The summed E-state index contributed by atoms with van der Waals surface area (Å²) in [4.78, 5) is 4.38. The molecule has 1 aromatic carbocycles. The van der Waals surface area contributed by atoms with Gasteiger partial charge in [0.2, 0.25) is 0 Å². The Morgan fingerprint density at radius 1 is 1.23 bits per heavy atom. The van der Waals surface area contributed by atoms with E-state index in [2.05, 4.69) is 28.6 Å². The number of guanidine groups is 1. The summed E-state index contributed by atoms with van der Waals surface area (Å²) in [7, 11) is 3.60. The maximum atomic E-state index is 5.98. The van der Waals surface area contributed by atoms with Gasteiger partial charge in [0.25, 0.3) is 0 Å². The standard InChI is InChI=1S/C21H31N3O2/c1-16-17-8-4-5-9-18(17)26-19(16)14-23-20(22-2)24-15-21(12-13-25-3)10-6-7-11-21/h4-5,8-9H,6-7,10-15H2,1-3H3,(H2,22,23,24). The Morgan fingerprint density at radius 3 is 2.69 bits per heavy atom. The normalized spacial score (nSPS) is 17.0. The molecule has 2 aromatic rings. The fraction of sp³-hybridized carbons (Fsp3) is 0.571. The molecule has 1 fully saturated rings. The van der Waals surface area contributed by atoms with E-state index < -0.39 is 0 Å². The van der Waals surface area contributed by atoms with Gasteiger partial charge in [0.05, 0.1) is 6.54 Å². The average molecular weight is 357 g/mol. The first-order valence-electron chi connectivity index (χ1n) is 9.58. The lowest BCUT2D eigenvalue weighted by atomic mass is 9.83. The fourth-order valence-electron chi connectivity index (χ4n) is 4.01. The average Bonchev–Trinajstić information content (AvgIpc) is 3.26. The van der Waals surface area contributed by atoms with Gasteiger partial charge in [-0.05, 0) is 37.7 Å². The summed E-state index contributed by atoms with van der Waals surface area (Å²) >= 11 is 0. The number of benzene rings is 1. The zero-order chi connectivity index (χ0) is 18.4. The van der Waals surface area contributed by atoms with E-state index in [1.807, 2.05) is 25.2 Å². The molecule has 5 nitrogen and oxygen atoms in total. The lowest BCUT2D eigenvalue weighted by Gasteiger charge is -2.29. The monoisotopic (exact) mass is 357 g/mol. The molecule has 5 heteroatoms. The predicted octanol–water partition coefficient (Wildman–Crippen LogP) is 4.00. The highest BCUT2D eigenvalue weighted by Crippen LogP contribution is 2.40. The molecule has 1 saturated carbocycles. The lowest BCUT2D eigenvalue weighted by molar-refractivity contribution is 0.138. The van der Waals surface area contributed by atoms with Gasteiger partial charge in [0, 0.05) is 38.3 Å². The Morgan fingerprint density at radius 2 is 2.00 bits per heavy atom. The van der Waals surface area contributed by atoms with Crippen molar-refractivity contribution in [3.8, 4) is 0 Å². The van der Waals surface area contributed by atoms with Crippen molar-refractivity contribution in [1.29, 1.82) is 0 Å². The van der Waals surface area contributed by atoms with E-state index in [1.54, 1.807) is 7.11 Å². The molecule has 1 aromatic heterocycles. The van der Waals surface area contributed by atoms with Crippen molar-refractivity contribution >= 4 is 16.9 Å². The number of furan rings is 1. The van der Waals surface area contributed by atoms with Crippen molar-refractivity contribution in [1.82, 2.24) is 10.6 Å². The zero-order valence-corrected chi connectivity index (χ0v) is 16.2.